The first-order valence-corrected chi connectivity index (χ1v) is 16.2. The molecule has 2 heterocycles. The van der Waals surface area contributed by atoms with Crippen LogP contribution in [0.1, 0.15) is 63.4 Å². The van der Waals surface area contributed by atoms with Gasteiger partial charge in [-0.25, -0.2) is 0 Å². The SMILES string of the molecule is CCCCN(CCCC[N+](C)(C)C)C(=O)CN1CC(c2cc(OC)c3c(c2)OCO3)CC1CCN(C)CCCN(C)C=O. The van der Waals surface area contributed by atoms with E-state index in [0.29, 0.717) is 24.1 Å². The largest absolute Gasteiger partial charge is 0.493 e. The van der Waals surface area contributed by atoms with E-state index in [1.54, 1.807) is 12.0 Å². The Hall–Kier alpha value is -2.56. The minimum atomic E-state index is 0.209. The number of nitrogens with zero attached hydrogens (tertiary/aromatic N) is 5. The van der Waals surface area contributed by atoms with Crippen LogP contribution in [0.25, 0.3) is 0 Å². The number of quaternary nitrogens is 1. The molecule has 0 saturated carbocycles. The molecule has 10 heteroatoms. The highest BCUT2D eigenvalue weighted by Crippen LogP contribution is 2.45. The third kappa shape index (κ3) is 11.1. The van der Waals surface area contributed by atoms with Crippen LogP contribution < -0.4 is 14.2 Å². The van der Waals surface area contributed by atoms with Crippen molar-refractivity contribution >= 4 is 12.3 Å². The molecule has 10 nitrogen and oxygen atoms in total. The number of carbonyl (C=O) groups is 2. The predicted molar refractivity (Wildman–Crippen MR) is 171 cm³/mol. The lowest BCUT2D eigenvalue weighted by Crippen LogP contribution is -2.44. The van der Waals surface area contributed by atoms with Crippen molar-refractivity contribution in [1.82, 2.24) is 19.6 Å². The van der Waals surface area contributed by atoms with E-state index < -0.39 is 0 Å². The molecule has 0 N–H and O–H groups in total. The molecule has 0 spiro atoms. The molecule has 1 saturated heterocycles. The number of rotatable bonds is 20. The Morgan fingerprint density at radius 3 is 2.51 bits per heavy atom. The molecule has 1 fully saturated rings. The molecule has 2 amide bonds. The van der Waals surface area contributed by atoms with Gasteiger partial charge in [-0.15, -0.1) is 0 Å². The summed E-state index contributed by atoms with van der Waals surface area (Å²) in [5, 5.41) is 0. The number of unbranched alkanes of at least 4 members (excludes halogenated alkanes) is 2. The fourth-order valence-corrected chi connectivity index (χ4v) is 6.10. The number of benzene rings is 1. The third-order valence-electron chi connectivity index (χ3n) is 8.73. The van der Waals surface area contributed by atoms with E-state index in [9.17, 15) is 9.59 Å². The maximum Gasteiger partial charge on any atom is 0.236 e. The molecule has 0 radical (unpaired) electrons. The first-order chi connectivity index (χ1) is 20.5. The van der Waals surface area contributed by atoms with E-state index in [2.05, 4.69) is 61.9 Å². The molecule has 2 atom stereocenters. The average molecular weight is 605 g/mol. The summed E-state index contributed by atoms with van der Waals surface area (Å²) in [6, 6.07) is 4.48. The van der Waals surface area contributed by atoms with Crippen LogP contribution in [0.2, 0.25) is 0 Å². The Morgan fingerprint density at radius 2 is 1.81 bits per heavy atom. The molecule has 2 unspecified atom stereocenters. The number of fused-ring (bicyclic) bond motifs is 1. The minimum Gasteiger partial charge on any atom is -0.493 e. The van der Waals surface area contributed by atoms with Crippen molar-refractivity contribution in [3.05, 3.63) is 17.7 Å². The van der Waals surface area contributed by atoms with Crippen LogP contribution in [-0.4, -0.2) is 144 Å². The van der Waals surface area contributed by atoms with Gasteiger partial charge in [0.05, 0.1) is 41.3 Å². The summed E-state index contributed by atoms with van der Waals surface area (Å²) in [5.74, 6) is 2.64. The number of hydrogen-bond acceptors (Lipinski definition) is 7. The second-order valence-corrected chi connectivity index (χ2v) is 13.5. The molecule has 0 aliphatic carbocycles. The Kier molecular flexibility index (Phi) is 13.9. The number of hydrogen-bond donors (Lipinski definition) is 0. The van der Waals surface area contributed by atoms with E-state index in [1.165, 1.54) is 5.56 Å². The molecule has 0 bridgehead atoms. The molecule has 3 rings (SSSR count). The van der Waals surface area contributed by atoms with Crippen LogP contribution in [0.15, 0.2) is 12.1 Å². The number of methoxy groups -OCH3 is 1. The van der Waals surface area contributed by atoms with Gasteiger partial charge in [-0.05, 0) is 82.3 Å². The van der Waals surface area contributed by atoms with Crippen molar-refractivity contribution in [3.8, 4) is 17.2 Å². The average Bonchev–Trinajstić information content (AvgIpc) is 3.61. The Bertz CT molecular complexity index is 1020. The van der Waals surface area contributed by atoms with E-state index in [1.807, 2.05) is 7.05 Å². The van der Waals surface area contributed by atoms with Crippen LogP contribution >= 0.6 is 0 Å². The normalized spacial score (nSPS) is 18.3. The van der Waals surface area contributed by atoms with Crippen LogP contribution in [-0.2, 0) is 9.59 Å². The van der Waals surface area contributed by atoms with Gasteiger partial charge in [0.1, 0.15) is 0 Å². The molecular formula is C33H58N5O5+. The minimum absolute atomic E-state index is 0.209. The Balaban J connectivity index is 1.69. The summed E-state index contributed by atoms with van der Waals surface area (Å²) in [5.41, 5.74) is 1.18. The van der Waals surface area contributed by atoms with E-state index in [4.69, 9.17) is 14.2 Å². The fraction of sp³-hybridized carbons (Fsp3) is 0.758. The van der Waals surface area contributed by atoms with E-state index in [0.717, 1.165) is 107 Å². The third-order valence-corrected chi connectivity index (χ3v) is 8.73. The molecule has 0 aromatic heterocycles. The summed E-state index contributed by atoms with van der Waals surface area (Å²) in [7, 11) is 12.3. The molecule has 1 aromatic carbocycles. The first kappa shape index (κ1) is 34.9. The van der Waals surface area contributed by atoms with Crippen molar-refractivity contribution in [1.29, 1.82) is 0 Å². The quantitative estimate of drug-likeness (QED) is 0.128. The number of ether oxygens (including phenoxy) is 3. The highest BCUT2D eigenvalue weighted by atomic mass is 16.7. The maximum absolute atomic E-state index is 13.8. The summed E-state index contributed by atoms with van der Waals surface area (Å²) < 4.78 is 18.0. The van der Waals surface area contributed by atoms with Gasteiger partial charge in [0, 0.05) is 39.3 Å². The van der Waals surface area contributed by atoms with Gasteiger partial charge in [0.2, 0.25) is 24.9 Å². The number of amides is 2. The summed E-state index contributed by atoms with van der Waals surface area (Å²) >= 11 is 0. The molecule has 1 aromatic rings. The van der Waals surface area contributed by atoms with E-state index >= 15 is 0 Å². The standard InChI is InChI=1S/C33H58N5O5/c1-8-9-16-36(17-10-11-19-38(4,5)6)32(40)24-37-23-28(27-21-30(41-7)33-31(22-27)42-26-43-33)20-29(37)13-18-34(2)14-12-15-35(3)25-39/h21-22,25,28-29H,8-20,23-24,26H2,1-7H3/q+1. The monoisotopic (exact) mass is 604 g/mol. The molecule has 43 heavy (non-hydrogen) atoms. The van der Waals surface area contributed by atoms with Crippen molar-refractivity contribution in [3.63, 3.8) is 0 Å². The summed E-state index contributed by atoms with van der Waals surface area (Å²) in [4.78, 5) is 33.3. The Morgan fingerprint density at radius 1 is 1.05 bits per heavy atom. The first-order valence-electron chi connectivity index (χ1n) is 16.2. The number of likely N-dealkylation sites (tertiary alicyclic amines) is 1. The fourth-order valence-electron chi connectivity index (χ4n) is 6.10. The lowest BCUT2D eigenvalue weighted by Gasteiger charge is -2.30. The van der Waals surface area contributed by atoms with Crippen molar-refractivity contribution in [2.45, 2.75) is 63.8 Å². The second-order valence-electron chi connectivity index (χ2n) is 13.5. The van der Waals surface area contributed by atoms with Gasteiger partial charge in [0.15, 0.2) is 11.5 Å². The zero-order chi connectivity index (χ0) is 31.4. The lowest BCUT2D eigenvalue weighted by atomic mass is 9.94. The highest BCUT2D eigenvalue weighted by Gasteiger charge is 2.36. The van der Waals surface area contributed by atoms with E-state index in [-0.39, 0.29) is 18.6 Å². The van der Waals surface area contributed by atoms with Gasteiger partial charge in [-0.2, -0.15) is 0 Å². The Labute approximate surface area is 260 Å². The van der Waals surface area contributed by atoms with Crippen molar-refractivity contribution in [2.75, 3.05) is 101 Å². The summed E-state index contributed by atoms with van der Waals surface area (Å²) in [6.07, 6.45) is 8.07. The zero-order valence-electron chi connectivity index (χ0n) is 28.0. The highest BCUT2D eigenvalue weighted by molar-refractivity contribution is 5.78. The van der Waals surface area contributed by atoms with Crippen LogP contribution in [0.3, 0.4) is 0 Å². The topological polar surface area (TPSA) is 74.8 Å². The van der Waals surface area contributed by atoms with Crippen LogP contribution in [0.4, 0.5) is 0 Å². The van der Waals surface area contributed by atoms with Gasteiger partial charge in [0.25, 0.3) is 0 Å². The van der Waals surface area contributed by atoms with Gasteiger partial charge < -0.3 is 33.4 Å². The number of carbonyl (C=O) groups excluding carboxylic acids is 2. The zero-order valence-corrected chi connectivity index (χ0v) is 28.0. The van der Waals surface area contributed by atoms with Gasteiger partial charge in [-0.1, -0.05) is 13.3 Å². The van der Waals surface area contributed by atoms with Gasteiger partial charge >= 0.3 is 0 Å². The molecule has 2 aliphatic rings. The molecule has 244 valence electrons. The van der Waals surface area contributed by atoms with Crippen LogP contribution in [0.5, 0.6) is 17.2 Å². The molecular weight excluding hydrogens is 546 g/mol. The summed E-state index contributed by atoms with van der Waals surface area (Å²) in [6.45, 7) is 9.10. The second kappa shape index (κ2) is 17.1. The maximum atomic E-state index is 13.8. The molecule has 2 aliphatic heterocycles. The lowest BCUT2D eigenvalue weighted by molar-refractivity contribution is -0.870. The predicted octanol–water partition coefficient (Wildman–Crippen LogP) is 3.50. The van der Waals surface area contributed by atoms with Crippen LogP contribution in [0, 0.1) is 0 Å². The van der Waals surface area contributed by atoms with Crippen molar-refractivity contribution < 1.29 is 28.3 Å². The van der Waals surface area contributed by atoms with Crippen molar-refractivity contribution in [2.24, 2.45) is 0 Å². The smallest absolute Gasteiger partial charge is 0.236 e. The van der Waals surface area contributed by atoms with Gasteiger partial charge in [-0.3, -0.25) is 14.5 Å².